The Bertz CT molecular complexity index is 212. The molecule has 6 heteroatoms. The van der Waals surface area contributed by atoms with E-state index in [1.54, 1.807) is 0 Å². The number of hydrogen-bond acceptors (Lipinski definition) is 4. The van der Waals surface area contributed by atoms with Crippen LogP contribution in [0.5, 0.6) is 0 Å². The number of amides is 1. The van der Waals surface area contributed by atoms with E-state index in [2.05, 4.69) is 4.84 Å². The van der Waals surface area contributed by atoms with E-state index in [-0.39, 0.29) is 0 Å². The predicted molar refractivity (Wildman–Crippen MR) is 45.3 cm³/mol. The van der Waals surface area contributed by atoms with Gasteiger partial charge in [0.1, 0.15) is 6.10 Å². The van der Waals surface area contributed by atoms with E-state index in [0.717, 1.165) is 12.8 Å². The van der Waals surface area contributed by atoms with Crippen molar-refractivity contribution in [2.24, 2.45) is 0 Å². The molecular weight excluding hydrogens is 190 g/mol. The SMILES string of the molecule is O=C(O)CONC(=O)C1CCCCO1. The maximum absolute atomic E-state index is 11.2. The number of carboxylic acids is 1. The van der Waals surface area contributed by atoms with Gasteiger partial charge in [-0.15, -0.1) is 0 Å². The van der Waals surface area contributed by atoms with Gasteiger partial charge < -0.3 is 9.84 Å². The average Bonchev–Trinajstić information content (AvgIpc) is 2.18. The van der Waals surface area contributed by atoms with Gasteiger partial charge in [-0.2, -0.15) is 0 Å². The molecule has 1 amide bonds. The van der Waals surface area contributed by atoms with E-state index >= 15 is 0 Å². The molecule has 0 spiro atoms. The molecule has 0 aliphatic carbocycles. The van der Waals surface area contributed by atoms with Crippen LogP contribution < -0.4 is 5.48 Å². The second-order valence-corrected chi connectivity index (χ2v) is 3.00. The first-order chi connectivity index (χ1) is 6.70. The third-order valence-electron chi connectivity index (χ3n) is 1.84. The standard InChI is InChI=1S/C8H13NO5/c10-7(11)5-14-9-8(12)6-3-1-2-4-13-6/h6H,1-5H2,(H,9,12)(H,10,11). The Kier molecular flexibility index (Phi) is 4.34. The summed E-state index contributed by atoms with van der Waals surface area (Å²) < 4.78 is 5.16. The molecule has 0 aromatic rings. The minimum atomic E-state index is -1.13. The van der Waals surface area contributed by atoms with Crippen LogP contribution in [0.3, 0.4) is 0 Å². The van der Waals surface area contributed by atoms with Gasteiger partial charge in [0.2, 0.25) is 0 Å². The summed E-state index contributed by atoms with van der Waals surface area (Å²) in [5, 5.41) is 8.23. The van der Waals surface area contributed by atoms with E-state index in [1.807, 2.05) is 5.48 Å². The van der Waals surface area contributed by atoms with Gasteiger partial charge in [-0.25, -0.2) is 10.3 Å². The average molecular weight is 203 g/mol. The summed E-state index contributed by atoms with van der Waals surface area (Å²) in [5.41, 5.74) is 2.04. The third-order valence-corrected chi connectivity index (χ3v) is 1.84. The summed E-state index contributed by atoms with van der Waals surface area (Å²) in [5.74, 6) is -1.54. The smallest absolute Gasteiger partial charge is 0.332 e. The van der Waals surface area contributed by atoms with Crippen LogP contribution in [0.4, 0.5) is 0 Å². The van der Waals surface area contributed by atoms with Crippen molar-refractivity contribution in [2.75, 3.05) is 13.2 Å². The molecule has 0 radical (unpaired) electrons. The molecule has 1 fully saturated rings. The monoisotopic (exact) mass is 203 g/mol. The lowest BCUT2D eigenvalue weighted by Gasteiger charge is -2.20. The molecule has 1 heterocycles. The topological polar surface area (TPSA) is 84.9 Å². The Balaban J connectivity index is 2.16. The van der Waals surface area contributed by atoms with E-state index < -0.39 is 24.6 Å². The Morgan fingerprint density at radius 2 is 2.29 bits per heavy atom. The zero-order valence-electron chi connectivity index (χ0n) is 7.69. The minimum Gasteiger partial charge on any atom is -0.479 e. The molecule has 80 valence electrons. The van der Waals surface area contributed by atoms with Crippen LogP contribution in [-0.4, -0.2) is 36.3 Å². The fourth-order valence-corrected chi connectivity index (χ4v) is 1.18. The number of rotatable bonds is 4. The Labute approximate surface area is 81.1 Å². The summed E-state index contributed by atoms with van der Waals surface area (Å²) in [4.78, 5) is 25.7. The number of carboxylic acid groups (broad SMARTS) is 1. The van der Waals surface area contributed by atoms with E-state index in [9.17, 15) is 9.59 Å². The largest absolute Gasteiger partial charge is 0.479 e. The van der Waals surface area contributed by atoms with Crippen molar-refractivity contribution in [3.05, 3.63) is 0 Å². The van der Waals surface area contributed by atoms with Gasteiger partial charge in [-0.3, -0.25) is 9.63 Å². The molecule has 1 atom stereocenters. The van der Waals surface area contributed by atoms with Gasteiger partial charge in [-0.05, 0) is 19.3 Å². The van der Waals surface area contributed by atoms with Gasteiger partial charge in [0, 0.05) is 6.61 Å². The number of hydrogen-bond donors (Lipinski definition) is 2. The molecule has 2 N–H and O–H groups in total. The quantitative estimate of drug-likeness (QED) is 0.612. The highest BCUT2D eigenvalue weighted by atomic mass is 16.7. The van der Waals surface area contributed by atoms with Crippen molar-refractivity contribution in [1.29, 1.82) is 0 Å². The lowest BCUT2D eigenvalue weighted by atomic mass is 10.1. The second kappa shape index (κ2) is 5.56. The van der Waals surface area contributed by atoms with Gasteiger partial charge in [0.15, 0.2) is 6.61 Å². The summed E-state index contributed by atoms with van der Waals surface area (Å²) in [6.45, 7) is 0.0233. The zero-order chi connectivity index (χ0) is 10.4. The molecule has 1 aliphatic heterocycles. The first-order valence-electron chi connectivity index (χ1n) is 4.45. The number of carbonyl (C=O) groups is 2. The van der Waals surface area contributed by atoms with Crippen LogP contribution in [0.2, 0.25) is 0 Å². The summed E-state index contributed by atoms with van der Waals surface area (Å²) in [7, 11) is 0. The van der Waals surface area contributed by atoms with Crippen molar-refractivity contribution in [3.63, 3.8) is 0 Å². The molecule has 14 heavy (non-hydrogen) atoms. The number of carbonyl (C=O) groups excluding carboxylic acids is 1. The lowest BCUT2D eigenvalue weighted by Crippen LogP contribution is -2.39. The van der Waals surface area contributed by atoms with Crippen molar-refractivity contribution < 1.29 is 24.3 Å². The molecular formula is C8H13NO5. The third kappa shape index (κ3) is 3.71. The van der Waals surface area contributed by atoms with Crippen LogP contribution in [0.15, 0.2) is 0 Å². The molecule has 1 unspecified atom stereocenters. The fraction of sp³-hybridized carbons (Fsp3) is 0.750. The number of ether oxygens (including phenoxy) is 1. The Morgan fingerprint density at radius 1 is 1.50 bits per heavy atom. The first-order valence-corrected chi connectivity index (χ1v) is 4.45. The van der Waals surface area contributed by atoms with Crippen LogP contribution in [-0.2, 0) is 19.2 Å². The Hall–Kier alpha value is -1.14. The van der Waals surface area contributed by atoms with Gasteiger partial charge in [0.05, 0.1) is 0 Å². The van der Waals surface area contributed by atoms with Crippen molar-refractivity contribution in [2.45, 2.75) is 25.4 Å². The van der Waals surface area contributed by atoms with Gasteiger partial charge in [-0.1, -0.05) is 0 Å². The minimum absolute atomic E-state index is 0.411. The van der Waals surface area contributed by atoms with Crippen molar-refractivity contribution in [1.82, 2.24) is 5.48 Å². The number of hydroxylamine groups is 1. The highest BCUT2D eigenvalue weighted by Gasteiger charge is 2.21. The normalized spacial score (nSPS) is 21.6. The maximum Gasteiger partial charge on any atom is 0.332 e. The second-order valence-electron chi connectivity index (χ2n) is 3.00. The predicted octanol–water partition coefficient (Wildman–Crippen LogP) is -0.312. The van der Waals surface area contributed by atoms with Crippen LogP contribution in [0, 0.1) is 0 Å². The van der Waals surface area contributed by atoms with Crippen LogP contribution >= 0.6 is 0 Å². The van der Waals surface area contributed by atoms with Gasteiger partial charge in [0.25, 0.3) is 5.91 Å². The maximum atomic E-state index is 11.2. The fourth-order valence-electron chi connectivity index (χ4n) is 1.18. The lowest BCUT2D eigenvalue weighted by molar-refractivity contribution is -0.155. The molecule has 0 bridgehead atoms. The van der Waals surface area contributed by atoms with E-state index in [4.69, 9.17) is 9.84 Å². The molecule has 0 aromatic carbocycles. The summed E-state index contributed by atoms with van der Waals surface area (Å²) in [6.07, 6.45) is 2.05. The summed E-state index contributed by atoms with van der Waals surface area (Å²) in [6, 6.07) is 0. The molecule has 6 nitrogen and oxygen atoms in total. The molecule has 1 aliphatic rings. The number of nitrogens with one attached hydrogen (secondary N) is 1. The van der Waals surface area contributed by atoms with E-state index in [0.29, 0.717) is 13.0 Å². The van der Waals surface area contributed by atoms with Crippen LogP contribution in [0.1, 0.15) is 19.3 Å². The number of aliphatic carboxylic acids is 1. The highest BCUT2D eigenvalue weighted by Crippen LogP contribution is 2.12. The van der Waals surface area contributed by atoms with Crippen molar-refractivity contribution in [3.8, 4) is 0 Å². The molecule has 0 saturated carbocycles. The molecule has 1 rings (SSSR count). The van der Waals surface area contributed by atoms with E-state index in [1.165, 1.54) is 0 Å². The highest BCUT2D eigenvalue weighted by molar-refractivity contribution is 5.80. The van der Waals surface area contributed by atoms with Crippen LogP contribution in [0.25, 0.3) is 0 Å². The van der Waals surface area contributed by atoms with Gasteiger partial charge >= 0.3 is 5.97 Å². The zero-order valence-corrected chi connectivity index (χ0v) is 7.69. The summed E-state index contributed by atoms with van der Waals surface area (Å²) >= 11 is 0. The Morgan fingerprint density at radius 3 is 2.86 bits per heavy atom. The van der Waals surface area contributed by atoms with Crippen molar-refractivity contribution >= 4 is 11.9 Å². The molecule has 1 saturated heterocycles. The molecule has 0 aromatic heterocycles. The first kappa shape index (κ1) is 10.9.